The van der Waals surface area contributed by atoms with E-state index in [2.05, 4.69) is 15.6 Å². The molecule has 0 radical (unpaired) electrons. The Kier molecular flexibility index (Phi) is 8.09. The van der Waals surface area contributed by atoms with Gasteiger partial charge in [0.2, 0.25) is 0 Å². The maximum Gasteiger partial charge on any atom is 0.315 e. The lowest BCUT2D eigenvalue weighted by Gasteiger charge is -2.14. The molecule has 2 N–H and O–H groups in total. The van der Waals surface area contributed by atoms with Crippen LogP contribution in [-0.2, 0) is 13.0 Å². The summed E-state index contributed by atoms with van der Waals surface area (Å²) in [6, 6.07) is 13.8. The van der Waals surface area contributed by atoms with Crippen molar-refractivity contribution in [3.05, 3.63) is 82.4 Å². The molecule has 0 aliphatic rings. The van der Waals surface area contributed by atoms with Gasteiger partial charge in [0, 0.05) is 30.1 Å². The number of benzene rings is 2. The Morgan fingerprint density at radius 3 is 2.68 bits per heavy atom. The molecule has 0 fully saturated rings. The van der Waals surface area contributed by atoms with E-state index in [1.165, 1.54) is 7.11 Å². The Labute approximate surface area is 190 Å². The van der Waals surface area contributed by atoms with Crippen molar-refractivity contribution in [2.45, 2.75) is 13.0 Å². The SMILES string of the molecule is COc1ccc(Cc2ccc(CNC(=O)NCCCl)nc2)c(F)c1-c1cccc(Cl)c1. The van der Waals surface area contributed by atoms with Crippen molar-refractivity contribution in [2.75, 3.05) is 19.5 Å². The molecular weight excluding hydrogens is 440 g/mol. The third-order valence-electron chi connectivity index (χ3n) is 4.61. The summed E-state index contributed by atoms with van der Waals surface area (Å²) in [7, 11) is 1.51. The number of carbonyl (C=O) groups is 1. The third-order valence-corrected chi connectivity index (χ3v) is 5.03. The summed E-state index contributed by atoms with van der Waals surface area (Å²) in [4.78, 5) is 15.9. The van der Waals surface area contributed by atoms with Gasteiger partial charge in [0.25, 0.3) is 0 Å². The van der Waals surface area contributed by atoms with Crippen molar-refractivity contribution < 1.29 is 13.9 Å². The zero-order valence-electron chi connectivity index (χ0n) is 16.9. The zero-order valence-corrected chi connectivity index (χ0v) is 18.4. The lowest BCUT2D eigenvalue weighted by molar-refractivity contribution is 0.241. The number of pyridine rings is 1. The minimum Gasteiger partial charge on any atom is -0.496 e. The summed E-state index contributed by atoms with van der Waals surface area (Å²) in [5.41, 5.74) is 3.08. The van der Waals surface area contributed by atoms with Gasteiger partial charge in [-0.1, -0.05) is 35.9 Å². The Morgan fingerprint density at radius 1 is 1.16 bits per heavy atom. The van der Waals surface area contributed by atoms with E-state index in [4.69, 9.17) is 27.9 Å². The smallest absolute Gasteiger partial charge is 0.315 e. The molecule has 1 heterocycles. The van der Waals surface area contributed by atoms with Gasteiger partial charge in [0.05, 0.1) is 24.9 Å². The van der Waals surface area contributed by atoms with Crippen molar-refractivity contribution >= 4 is 29.2 Å². The second-order valence-corrected chi connectivity index (χ2v) is 7.57. The van der Waals surface area contributed by atoms with E-state index in [0.29, 0.717) is 52.0 Å². The first-order chi connectivity index (χ1) is 15.0. The number of carbonyl (C=O) groups excluding carboxylic acids is 1. The van der Waals surface area contributed by atoms with Crippen LogP contribution in [0.1, 0.15) is 16.8 Å². The molecule has 0 saturated heterocycles. The molecule has 0 aliphatic heterocycles. The van der Waals surface area contributed by atoms with Crippen LogP contribution in [0, 0.1) is 5.82 Å². The van der Waals surface area contributed by atoms with Gasteiger partial charge in [-0.15, -0.1) is 11.6 Å². The molecule has 5 nitrogen and oxygen atoms in total. The van der Waals surface area contributed by atoms with Gasteiger partial charge in [-0.2, -0.15) is 0 Å². The van der Waals surface area contributed by atoms with Crippen molar-refractivity contribution in [2.24, 2.45) is 0 Å². The standard InChI is InChI=1S/C23H22Cl2FN3O2/c1-31-20-8-6-17(22(26)21(20)16-3-2-4-18(25)12-16)11-15-5-7-19(28-13-15)14-29-23(30)27-10-9-24/h2-8,12-13H,9-11,14H2,1H3,(H2,27,29,30). The molecule has 2 amide bonds. The first-order valence-electron chi connectivity index (χ1n) is 9.64. The molecule has 3 rings (SSSR count). The van der Waals surface area contributed by atoms with E-state index in [0.717, 1.165) is 5.56 Å². The van der Waals surface area contributed by atoms with Crippen LogP contribution in [0.5, 0.6) is 5.75 Å². The molecule has 162 valence electrons. The quantitative estimate of drug-likeness (QED) is 0.454. The Morgan fingerprint density at radius 2 is 2.00 bits per heavy atom. The molecule has 0 bridgehead atoms. The highest BCUT2D eigenvalue weighted by atomic mass is 35.5. The van der Waals surface area contributed by atoms with Gasteiger partial charge in [0.15, 0.2) is 0 Å². The van der Waals surface area contributed by atoms with Crippen LogP contribution in [0.25, 0.3) is 11.1 Å². The second-order valence-electron chi connectivity index (χ2n) is 6.76. The van der Waals surface area contributed by atoms with Crippen molar-refractivity contribution in [3.8, 4) is 16.9 Å². The van der Waals surface area contributed by atoms with Gasteiger partial charge in [0.1, 0.15) is 11.6 Å². The number of alkyl halides is 1. The number of aromatic nitrogens is 1. The number of urea groups is 1. The van der Waals surface area contributed by atoms with Crippen LogP contribution < -0.4 is 15.4 Å². The fraction of sp³-hybridized carbons (Fsp3) is 0.217. The molecule has 0 saturated carbocycles. The molecule has 0 spiro atoms. The fourth-order valence-corrected chi connectivity index (χ4v) is 3.38. The zero-order chi connectivity index (χ0) is 22.2. The topological polar surface area (TPSA) is 63.2 Å². The summed E-state index contributed by atoms with van der Waals surface area (Å²) in [5, 5.41) is 5.84. The predicted molar refractivity (Wildman–Crippen MR) is 121 cm³/mol. The average molecular weight is 462 g/mol. The van der Waals surface area contributed by atoms with Crippen LogP contribution >= 0.6 is 23.2 Å². The van der Waals surface area contributed by atoms with E-state index < -0.39 is 0 Å². The molecule has 1 aromatic heterocycles. The van der Waals surface area contributed by atoms with Gasteiger partial charge < -0.3 is 15.4 Å². The van der Waals surface area contributed by atoms with Crippen molar-refractivity contribution in [3.63, 3.8) is 0 Å². The normalized spacial score (nSPS) is 10.6. The molecular formula is C23H22Cl2FN3O2. The maximum absolute atomic E-state index is 15.4. The summed E-state index contributed by atoms with van der Waals surface area (Å²) in [6.07, 6.45) is 2.04. The summed E-state index contributed by atoms with van der Waals surface area (Å²) in [5.74, 6) is 0.431. The predicted octanol–water partition coefficient (Wildman–Crippen LogP) is 5.18. The van der Waals surface area contributed by atoms with Gasteiger partial charge in [-0.3, -0.25) is 4.98 Å². The molecule has 8 heteroatoms. The molecule has 3 aromatic rings. The summed E-state index contributed by atoms with van der Waals surface area (Å²) >= 11 is 11.6. The van der Waals surface area contributed by atoms with Crippen LogP contribution in [0.15, 0.2) is 54.7 Å². The van der Waals surface area contributed by atoms with E-state index in [9.17, 15) is 4.79 Å². The molecule has 0 aliphatic carbocycles. The number of ether oxygens (including phenoxy) is 1. The number of hydrogen-bond acceptors (Lipinski definition) is 3. The number of nitrogens with one attached hydrogen (secondary N) is 2. The average Bonchev–Trinajstić information content (AvgIpc) is 2.78. The highest BCUT2D eigenvalue weighted by Crippen LogP contribution is 2.36. The first kappa shape index (κ1) is 22.8. The minimum atomic E-state index is -0.358. The fourth-order valence-electron chi connectivity index (χ4n) is 3.10. The monoisotopic (exact) mass is 461 g/mol. The Bertz CT molecular complexity index is 1050. The highest BCUT2D eigenvalue weighted by Gasteiger charge is 2.17. The Hall–Kier alpha value is -2.83. The number of amides is 2. The number of hydrogen-bond donors (Lipinski definition) is 2. The van der Waals surface area contributed by atoms with Gasteiger partial charge in [-0.05, 0) is 41.0 Å². The lowest BCUT2D eigenvalue weighted by Crippen LogP contribution is -2.36. The number of rotatable bonds is 8. The largest absolute Gasteiger partial charge is 0.496 e. The van der Waals surface area contributed by atoms with Crippen LogP contribution in [0.3, 0.4) is 0 Å². The lowest BCUT2D eigenvalue weighted by atomic mass is 9.97. The molecule has 31 heavy (non-hydrogen) atoms. The molecule has 2 aromatic carbocycles. The molecule has 0 unspecified atom stereocenters. The first-order valence-corrected chi connectivity index (χ1v) is 10.6. The maximum atomic E-state index is 15.4. The van der Waals surface area contributed by atoms with E-state index in [-0.39, 0.29) is 18.4 Å². The third kappa shape index (κ3) is 6.09. The summed E-state index contributed by atoms with van der Waals surface area (Å²) < 4.78 is 20.8. The van der Waals surface area contributed by atoms with Crippen molar-refractivity contribution in [1.82, 2.24) is 15.6 Å². The second kappa shape index (κ2) is 11.0. The Balaban J connectivity index is 1.75. The van der Waals surface area contributed by atoms with Crippen LogP contribution in [0.2, 0.25) is 5.02 Å². The van der Waals surface area contributed by atoms with E-state index >= 15 is 4.39 Å². The molecule has 0 atom stereocenters. The number of halogens is 3. The van der Waals surface area contributed by atoms with Crippen LogP contribution in [0.4, 0.5) is 9.18 Å². The minimum absolute atomic E-state index is 0.282. The van der Waals surface area contributed by atoms with E-state index in [1.807, 2.05) is 6.07 Å². The number of methoxy groups -OCH3 is 1. The van der Waals surface area contributed by atoms with Crippen LogP contribution in [-0.4, -0.2) is 30.5 Å². The van der Waals surface area contributed by atoms with E-state index in [1.54, 1.807) is 48.7 Å². The summed E-state index contributed by atoms with van der Waals surface area (Å²) in [6.45, 7) is 0.675. The highest BCUT2D eigenvalue weighted by molar-refractivity contribution is 6.30. The number of nitrogens with zero attached hydrogens (tertiary/aromatic N) is 1. The van der Waals surface area contributed by atoms with Crippen molar-refractivity contribution in [1.29, 1.82) is 0 Å². The van der Waals surface area contributed by atoms with Gasteiger partial charge in [-0.25, -0.2) is 9.18 Å². The van der Waals surface area contributed by atoms with Gasteiger partial charge >= 0.3 is 6.03 Å².